The Hall–Kier alpha value is -3.39. The second-order valence-corrected chi connectivity index (χ2v) is 9.15. The van der Waals surface area contributed by atoms with Crippen LogP contribution >= 0.6 is 11.3 Å². The Kier molecular flexibility index (Phi) is 6.88. The van der Waals surface area contributed by atoms with Gasteiger partial charge < -0.3 is 19.5 Å². The normalized spacial score (nSPS) is 22.1. The molecular weight excluding hydrogens is 454 g/mol. The number of esters is 2. The molecule has 7 nitrogen and oxygen atoms in total. The standard InChI is InChI=1S/C26H27NO6S/c1-5-33-16-10-8-15(9-11-16)21-20(25(29)31-3)14(2)27-18-13-17(19-7-6-12-34-19)22(26(30)32-4)24(28)23(18)21/h6-12,17,21-22,27H,5,13H2,1-4H3/t17-,21+,22+/m0/s1. The summed E-state index contributed by atoms with van der Waals surface area (Å²) >= 11 is 1.51. The Morgan fingerprint density at radius 2 is 1.85 bits per heavy atom. The smallest absolute Gasteiger partial charge is 0.336 e. The minimum absolute atomic E-state index is 0.341. The Morgan fingerprint density at radius 3 is 2.44 bits per heavy atom. The molecule has 0 amide bonds. The highest BCUT2D eigenvalue weighted by atomic mass is 32.1. The van der Waals surface area contributed by atoms with Crippen LogP contribution in [0.3, 0.4) is 0 Å². The lowest BCUT2D eigenvalue weighted by Gasteiger charge is -2.39. The summed E-state index contributed by atoms with van der Waals surface area (Å²) in [5, 5.41) is 5.21. The van der Waals surface area contributed by atoms with Crippen molar-refractivity contribution in [3.63, 3.8) is 0 Å². The number of nitrogens with one attached hydrogen (secondary N) is 1. The van der Waals surface area contributed by atoms with Gasteiger partial charge in [0.1, 0.15) is 11.7 Å². The maximum Gasteiger partial charge on any atom is 0.336 e. The number of ketones is 1. The van der Waals surface area contributed by atoms with E-state index in [0.717, 1.165) is 10.4 Å². The molecule has 0 fully saturated rings. The van der Waals surface area contributed by atoms with Gasteiger partial charge in [-0.15, -0.1) is 11.3 Å². The van der Waals surface area contributed by atoms with Crippen molar-refractivity contribution in [2.45, 2.75) is 32.1 Å². The Labute approximate surface area is 202 Å². The van der Waals surface area contributed by atoms with Gasteiger partial charge >= 0.3 is 11.9 Å². The van der Waals surface area contributed by atoms with Gasteiger partial charge in [0.15, 0.2) is 5.78 Å². The van der Waals surface area contributed by atoms with Gasteiger partial charge in [-0.2, -0.15) is 0 Å². The van der Waals surface area contributed by atoms with Crippen LogP contribution in [0.1, 0.15) is 42.5 Å². The number of methoxy groups -OCH3 is 2. The molecule has 2 aromatic rings. The van der Waals surface area contributed by atoms with Crippen LogP contribution in [-0.2, 0) is 23.9 Å². The van der Waals surface area contributed by atoms with Gasteiger partial charge in [-0.05, 0) is 49.4 Å². The van der Waals surface area contributed by atoms with Crippen LogP contribution in [0, 0.1) is 5.92 Å². The van der Waals surface area contributed by atoms with Gasteiger partial charge in [0.2, 0.25) is 0 Å². The zero-order chi connectivity index (χ0) is 24.4. The third-order valence-corrected chi connectivity index (χ3v) is 7.32. The number of Topliss-reactive ketones (excluding diaryl/α,β-unsaturated/α-hetero) is 1. The molecule has 4 rings (SSSR count). The number of allylic oxidation sites excluding steroid dienone is 3. The van der Waals surface area contributed by atoms with E-state index in [2.05, 4.69) is 5.32 Å². The van der Waals surface area contributed by atoms with Crippen molar-refractivity contribution in [2.24, 2.45) is 5.92 Å². The number of carbonyl (C=O) groups excluding carboxylic acids is 3. The summed E-state index contributed by atoms with van der Waals surface area (Å²) < 4.78 is 15.7. The highest BCUT2D eigenvalue weighted by Gasteiger charge is 2.49. The zero-order valence-electron chi connectivity index (χ0n) is 19.5. The first-order valence-corrected chi connectivity index (χ1v) is 12.0. The summed E-state index contributed by atoms with van der Waals surface area (Å²) in [6.07, 6.45) is 0.445. The lowest BCUT2D eigenvalue weighted by molar-refractivity contribution is -0.149. The second-order valence-electron chi connectivity index (χ2n) is 8.17. The molecule has 1 aliphatic carbocycles. The maximum absolute atomic E-state index is 14.0. The molecule has 0 unspecified atom stereocenters. The van der Waals surface area contributed by atoms with E-state index in [1.165, 1.54) is 25.6 Å². The third-order valence-electron chi connectivity index (χ3n) is 6.31. The molecule has 0 radical (unpaired) electrons. The molecule has 0 saturated heterocycles. The van der Waals surface area contributed by atoms with Gasteiger partial charge in [0.25, 0.3) is 0 Å². The highest BCUT2D eigenvalue weighted by molar-refractivity contribution is 7.10. The number of rotatable bonds is 6. The fourth-order valence-corrected chi connectivity index (χ4v) is 5.70. The van der Waals surface area contributed by atoms with Crippen LogP contribution in [0.5, 0.6) is 5.75 Å². The fourth-order valence-electron chi connectivity index (χ4n) is 4.84. The van der Waals surface area contributed by atoms with Crippen molar-refractivity contribution >= 4 is 29.1 Å². The number of carbonyl (C=O) groups is 3. The predicted octanol–water partition coefficient (Wildman–Crippen LogP) is 4.08. The lowest BCUT2D eigenvalue weighted by atomic mass is 9.68. The quantitative estimate of drug-likeness (QED) is 0.491. The van der Waals surface area contributed by atoms with Gasteiger partial charge in [0, 0.05) is 33.7 Å². The first-order chi connectivity index (χ1) is 16.4. The molecule has 1 aromatic heterocycles. The Morgan fingerprint density at radius 1 is 1.12 bits per heavy atom. The van der Waals surface area contributed by atoms with Crippen molar-refractivity contribution in [1.82, 2.24) is 5.32 Å². The third kappa shape index (κ3) is 4.14. The Balaban J connectivity index is 1.87. The fraction of sp³-hybridized carbons (Fsp3) is 0.346. The molecule has 1 aromatic carbocycles. The summed E-state index contributed by atoms with van der Waals surface area (Å²) in [6.45, 7) is 4.23. The highest BCUT2D eigenvalue weighted by Crippen LogP contribution is 2.48. The molecule has 34 heavy (non-hydrogen) atoms. The van der Waals surface area contributed by atoms with E-state index in [1.54, 1.807) is 6.92 Å². The van der Waals surface area contributed by atoms with Crippen molar-refractivity contribution < 1.29 is 28.6 Å². The molecule has 0 spiro atoms. The molecule has 1 N–H and O–H groups in total. The molecule has 3 atom stereocenters. The van der Waals surface area contributed by atoms with Gasteiger partial charge in [0.05, 0.1) is 26.4 Å². The molecule has 8 heteroatoms. The number of hydrogen-bond donors (Lipinski definition) is 1. The zero-order valence-corrected chi connectivity index (χ0v) is 20.4. The van der Waals surface area contributed by atoms with Crippen LogP contribution < -0.4 is 10.1 Å². The number of ether oxygens (including phenoxy) is 3. The monoisotopic (exact) mass is 481 g/mol. The van der Waals surface area contributed by atoms with E-state index in [-0.39, 0.29) is 11.7 Å². The van der Waals surface area contributed by atoms with Crippen molar-refractivity contribution in [3.05, 3.63) is 74.8 Å². The largest absolute Gasteiger partial charge is 0.494 e. The summed E-state index contributed by atoms with van der Waals surface area (Å²) in [4.78, 5) is 40.6. The van der Waals surface area contributed by atoms with E-state index in [1.807, 2.05) is 48.7 Å². The van der Waals surface area contributed by atoms with E-state index in [4.69, 9.17) is 14.2 Å². The summed E-state index contributed by atoms with van der Waals surface area (Å²) in [6, 6.07) is 11.1. The van der Waals surface area contributed by atoms with Gasteiger partial charge in [-0.3, -0.25) is 9.59 Å². The Bertz CT molecular complexity index is 1160. The molecule has 178 valence electrons. The van der Waals surface area contributed by atoms with E-state index in [9.17, 15) is 14.4 Å². The number of dihydropyridines is 1. The van der Waals surface area contributed by atoms with Gasteiger partial charge in [-0.25, -0.2) is 4.79 Å². The molecule has 0 bridgehead atoms. The molecule has 2 heterocycles. The average molecular weight is 482 g/mol. The van der Waals surface area contributed by atoms with Crippen LogP contribution in [0.2, 0.25) is 0 Å². The maximum atomic E-state index is 14.0. The predicted molar refractivity (Wildman–Crippen MR) is 127 cm³/mol. The van der Waals surface area contributed by atoms with Gasteiger partial charge in [-0.1, -0.05) is 18.2 Å². The number of thiophene rings is 1. The molecular formula is C26H27NO6S. The summed E-state index contributed by atoms with van der Waals surface area (Å²) in [5.74, 6) is -2.78. The van der Waals surface area contributed by atoms with Crippen molar-refractivity contribution in [3.8, 4) is 5.75 Å². The molecule has 2 aliphatic rings. The van der Waals surface area contributed by atoms with E-state index in [0.29, 0.717) is 41.3 Å². The summed E-state index contributed by atoms with van der Waals surface area (Å²) in [7, 11) is 2.60. The molecule has 1 aliphatic heterocycles. The lowest BCUT2D eigenvalue weighted by Crippen LogP contribution is -2.43. The average Bonchev–Trinajstić information content (AvgIpc) is 3.38. The summed E-state index contributed by atoms with van der Waals surface area (Å²) in [5.41, 5.74) is 2.82. The van der Waals surface area contributed by atoms with Crippen LogP contribution in [0.15, 0.2) is 64.3 Å². The first-order valence-electron chi connectivity index (χ1n) is 11.1. The van der Waals surface area contributed by atoms with Crippen molar-refractivity contribution in [1.29, 1.82) is 0 Å². The second kappa shape index (κ2) is 9.85. The van der Waals surface area contributed by atoms with Crippen LogP contribution in [0.25, 0.3) is 0 Å². The van der Waals surface area contributed by atoms with E-state index < -0.39 is 23.8 Å². The molecule has 0 saturated carbocycles. The van der Waals surface area contributed by atoms with E-state index >= 15 is 0 Å². The SMILES string of the molecule is CCOc1ccc([C@@H]2C(C(=O)OC)=C(C)NC3=C2C(=O)[C@H](C(=O)OC)[C@H](c2cccs2)C3)cc1. The number of benzene rings is 1. The van der Waals surface area contributed by atoms with Crippen LogP contribution in [0.4, 0.5) is 0 Å². The number of hydrogen-bond acceptors (Lipinski definition) is 8. The van der Waals surface area contributed by atoms with Crippen molar-refractivity contribution in [2.75, 3.05) is 20.8 Å². The minimum Gasteiger partial charge on any atom is -0.494 e. The minimum atomic E-state index is -0.994. The topological polar surface area (TPSA) is 90.9 Å². The first kappa shape index (κ1) is 23.8. The van der Waals surface area contributed by atoms with Crippen LogP contribution in [-0.4, -0.2) is 38.5 Å².